The number of hydrogen-bond donors (Lipinski definition) is 2. The van der Waals surface area contributed by atoms with E-state index in [1.165, 1.54) is 36.8 Å². The van der Waals surface area contributed by atoms with Crippen molar-refractivity contribution in [2.24, 2.45) is 0 Å². The van der Waals surface area contributed by atoms with Crippen LogP contribution in [0.5, 0.6) is 23.0 Å². The lowest BCUT2D eigenvalue weighted by Crippen LogP contribution is -2.20. The number of fused-ring (bicyclic) bond motifs is 1. The van der Waals surface area contributed by atoms with E-state index in [2.05, 4.69) is 0 Å². The second-order valence-electron chi connectivity index (χ2n) is 9.51. The molecule has 4 rings (SSSR count). The summed E-state index contributed by atoms with van der Waals surface area (Å²) in [5.41, 5.74) is 0.888. The van der Waals surface area contributed by atoms with Crippen molar-refractivity contribution in [2.75, 3.05) is 45.4 Å². The number of carbonyl (C=O) groups excluding carboxylic acids is 2. The Hall–Kier alpha value is -2.60. The van der Waals surface area contributed by atoms with Gasteiger partial charge in [-0.15, -0.1) is 0 Å². The molecule has 2 atom stereocenters. The van der Waals surface area contributed by atoms with Crippen LogP contribution in [0.1, 0.15) is 60.6 Å². The number of hydrogen-bond acceptors (Lipinski definition) is 11. The van der Waals surface area contributed by atoms with Gasteiger partial charge in [-0.25, -0.2) is 0 Å². The molecule has 0 saturated carbocycles. The SMILES string of the molecule is O=C(CCCCC1CCSS1)OCCOCCOCCOc1cc(O)c2c(c1)OC(c1ccc(O)cc1)CC2=O. The van der Waals surface area contributed by atoms with Gasteiger partial charge < -0.3 is 33.9 Å². The van der Waals surface area contributed by atoms with Crippen LogP contribution in [0, 0.1) is 0 Å². The first-order valence-electron chi connectivity index (χ1n) is 13.6. The molecular weight excluding hydrogens is 556 g/mol. The van der Waals surface area contributed by atoms with E-state index >= 15 is 0 Å². The number of ketones is 1. The van der Waals surface area contributed by atoms with Gasteiger partial charge in [0.25, 0.3) is 0 Å². The van der Waals surface area contributed by atoms with Gasteiger partial charge in [0, 0.05) is 29.6 Å². The highest BCUT2D eigenvalue weighted by molar-refractivity contribution is 8.77. The van der Waals surface area contributed by atoms with Gasteiger partial charge in [-0.3, -0.25) is 9.59 Å². The molecule has 1 saturated heterocycles. The van der Waals surface area contributed by atoms with Gasteiger partial charge in [-0.2, -0.15) is 0 Å². The lowest BCUT2D eigenvalue weighted by atomic mass is 9.95. The van der Waals surface area contributed by atoms with Crippen LogP contribution >= 0.6 is 21.6 Å². The third-order valence-electron chi connectivity index (χ3n) is 6.48. The van der Waals surface area contributed by atoms with Crippen LogP contribution in [0.2, 0.25) is 0 Å². The number of aromatic hydroxyl groups is 2. The normalized spacial score (nSPS) is 18.2. The molecule has 0 radical (unpaired) electrons. The number of Topliss-reactive ketones (excluding diaryl/α,β-unsaturated/α-hetero) is 1. The van der Waals surface area contributed by atoms with E-state index in [0.717, 1.165) is 23.7 Å². The van der Waals surface area contributed by atoms with Gasteiger partial charge >= 0.3 is 5.97 Å². The van der Waals surface area contributed by atoms with Gasteiger partial charge in [-0.1, -0.05) is 40.1 Å². The number of ether oxygens (including phenoxy) is 5. The Labute approximate surface area is 242 Å². The molecular formula is C29H36O9S2. The second kappa shape index (κ2) is 16.0. The summed E-state index contributed by atoms with van der Waals surface area (Å²) in [5, 5.41) is 20.6. The van der Waals surface area contributed by atoms with E-state index in [0.29, 0.717) is 38.6 Å². The largest absolute Gasteiger partial charge is 0.508 e. The highest BCUT2D eigenvalue weighted by atomic mass is 33.1. The third kappa shape index (κ3) is 9.50. The topological polar surface area (TPSA) is 121 Å². The van der Waals surface area contributed by atoms with Gasteiger partial charge in [-0.05, 0) is 37.0 Å². The van der Waals surface area contributed by atoms with Crippen LogP contribution in [0.25, 0.3) is 0 Å². The summed E-state index contributed by atoms with van der Waals surface area (Å²) < 4.78 is 27.8. The Kier molecular flexibility index (Phi) is 12.1. The van der Waals surface area contributed by atoms with E-state index in [1.807, 2.05) is 21.6 Å². The summed E-state index contributed by atoms with van der Waals surface area (Å²) >= 11 is 0. The van der Waals surface area contributed by atoms with Crippen molar-refractivity contribution in [1.82, 2.24) is 0 Å². The van der Waals surface area contributed by atoms with Crippen molar-refractivity contribution in [2.45, 2.75) is 49.9 Å². The predicted molar refractivity (Wildman–Crippen MR) is 154 cm³/mol. The molecule has 0 aromatic heterocycles. The number of phenolic OH excluding ortho intramolecular Hbond substituents is 2. The van der Waals surface area contributed by atoms with Gasteiger partial charge in [0.2, 0.25) is 0 Å². The fraction of sp³-hybridized carbons (Fsp3) is 0.517. The van der Waals surface area contributed by atoms with Crippen LogP contribution in [0.3, 0.4) is 0 Å². The molecule has 2 aliphatic heterocycles. The smallest absolute Gasteiger partial charge is 0.305 e. The van der Waals surface area contributed by atoms with Crippen molar-refractivity contribution < 1.29 is 43.5 Å². The summed E-state index contributed by atoms with van der Waals surface area (Å²) in [7, 11) is 3.91. The Morgan fingerprint density at radius 1 is 0.975 bits per heavy atom. The monoisotopic (exact) mass is 592 g/mol. The highest BCUT2D eigenvalue weighted by Crippen LogP contribution is 2.42. The van der Waals surface area contributed by atoms with Crippen molar-refractivity contribution in [3.05, 3.63) is 47.5 Å². The zero-order valence-corrected chi connectivity index (χ0v) is 24.0. The van der Waals surface area contributed by atoms with Crippen LogP contribution in [-0.4, -0.2) is 72.6 Å². The summed E-state index contributed by atoms with van der Waals surface area (Å²) in [6.07, 6.45) is 4.40. The van der Waals surface area contributed by atoms with Gasteiger partial charge in [0.15, 0.2) is 5.78 Å². The average Bonchev–Trinajstić information content (AvgIpc) is 3.46. The van der Waals surface area contributed by atoms with E-state index in [9.17, 15) is 19.8 Å². The molecule has 2 aromatic carbocycles. The maximum absolute atomic E-state index is 12.6. The van der Waals surface area contributed by atoms with E-state index < -0.39 is 6.10 Å². The summed E-state index contributed by atoms with van der Waals surface area (Å²) in [5.74, 6) is 1.37. The molecule has 2 unspecified atom stereocenters. The van der Waals surface area contributed by atoms with E-state index in [1.54, 1.807) is 18.2 Å². The predicted octanol–water partition coefficient (Wildman–Crippen LogP) is 5.47. The van der Waals surface area contributed by atoms with Crippen LogP contribution in [0.15, 0.2) is 36.4 Å². The zero-order chi connectivity index (χ0) is 28.2. The maximum Gasteiger partial charge on any atom is 0.305 e. The Bertz CT molecular complexity index is 1100. The number of phenols is 2. The number of esters is 1. The first kappa shape index (κ1) is 30.4. The average molecular weight is 593 g/mol. The lowest BCUT2D eigenvalue weighted by Gasteiger charge is -2.26. The Morgan fingerprint density at radius 2 is 1.73 bits per heavy atom. The molecule has 0 bridgehead atoms. The van der Waals surface area contributed by atoms with Crippen LogP contribution < -0.4 is 9.47 Å². The fourth-order valence-electron chi connectivity index (χ4n) is 4.41. The fourth-order valence-corrected chi connectivity index (χ4v) is 7.43. The first-order chi connectivity index (χ1) is 19.5. The van der Waals surface area contributed by atoms with Crippen molar-refractivity contribution in [3.63, 3.8) is 0 Å². The van der Waals surface area contributed by atoms with Gasteiger partial charge in [0.05, 0.1) is 32.8 Å². The molecule has 0 aliphatic carbocycles. The zero-order valence-electron chi connectivity index (χ0n) is 22.4. The van der Waals surface area contributed by atoms with Crippen LogP contribution in [0.4, 0.5) is 0 Å². The first-order valence-corrected chi connectivity index (χ1v) is 16.0. The Balaban J connectivity index is 1.05. The molecule has 11 heteroatoms. The van der Waals surface area contributed by atoms with Gasteiger partial charge in [0.1, 0.15) is 47.9 Å². The number of carbonyl (C=O) groups is 2. The van der Waals surface area contributed by atoms with Crippen molar-refractivity contribution in [3.8, 4) is 23.0 Å². The molecule has 2 aromatic rings. The molecule has 9 nitrogen and oxygen atoms in total. The molecule has 2 N–H and O–H groups in total. The second-order valence-corrected chi connectivity index (χ2v) is 12.3. The number of benzene rings is 2. The molecule has 2 heterocycles. The van der Waals surface area contributed by atoms with E-state index in [-0.39, 0.29) is 54.2 Å². The summed E-state index contributed by atoms with van der Waals surface area (Å²) in [4.78, 5) is 24.4. The summed E-state index contributed by atoms with van der Waals surface area (Å²) in [6, 6.07) is 9.44. The highest BCUT2D eigenvalue weighted by Gasteiger charge is 2.31. The van der Waals surface area contributed by atoms with Crippen molar-refractivity contribution in [1.29, 1.82) is 0 Å². The minimum absolute atomic E-state index is 0.0863. The molecule has 40 heavy (non-hydrogen) atoms. The standard InChI is InChI=1S/C29H36O9S2/c30-21-7-5-20(6-8-21)26-19-25(32)29-24(31)17-22(18-27(29)38-26)36-14-12-34-10-11-35-13-15-37-28(33)4-2-1-3-23-9-16-39-40-23/h5-8,17-18,23,26,30-31H,1-4,9-16,19H2. The molecule has 0 spiro atoms. The maximum atomic E-state index is 12.6. The van der Waals surface area contributed by atoms with E-state index in [4.69, 9.17) is 23.7 Å². The number of unbranched alkanes of at least 4 members (excludes halogenated alkanes) is 1. The quantitative estimate of drug-likeness (QED) is 0.147. The molecule has 1 fully saturated rings. The third-order valence-corrected chi connectivity index (χ3v) is 9.49. The Morgan fingerprint density at radius 3 is 2.48 bits per heavy atom. The number of rotatable bonds is 16. The van der Waals surface area contributed by atoms with Crippen molar-refractivity contribution >= 4 is 33.3 Å². The summed E-state index contributed by atoms with van der Waals surface area (Å²) in [6.45, 7) is 1.80. The minimum atomic E-state index is -0.521. The minimum Gasteiger partial charge on any atom is -0.508 e. The molecule has 218 valence electrons. The molecule has 2 aliphatic rings. The van der Waals surface area contributed by atoms with Crippen LogP contribution in [-0.2, 0) is 19.0 Å². The molecule has 0 amide bonds. The lowest BCUT2D eigenvalue weighted by molar-refractivity contribution is -0.145.